The van der Waals surface area contributed by atoms with Gasteiger partial charge in [0.25, 0.3) is 0 Å². The fraction of sp³-hybridized carbons (Fsp3) is 0.667. The Balaban J connectivity index is 1.91. The van der Waals surface area contributed by atoms with Crippen LogP contribution in [0.15, 0.2) is 12.4 Å². The monoisotopic (exact) mass is 255 g/mol. The molecule has 1 saturated heterocycles. The zero-order valence-corrected chi connectivity index (χ0v) is 10.9. The van der Waals surface area contributed by atoms with Gasteiger partial charge in [0.2, 0.25) is 5.95 Å². The third kappa shape index (κ3) is 3.30. The van der Waals surface area contributed by atoms with Crippen molar-refractivity contribution in [1.82, 2.24) is 9.97 Å². The number of nitrogens with zero attached hydrogens (tertiary/aromatic N) is 3. The number of rotatable bonds is 4. The van der Waals surface area contributed by atoms with Crippen molar-refractivity contribution in [2.45, 2.75) is 18.7 Å². The molecule has 94 valence electrons. The van der Waals surface area contributed by atoms with E-state index in [1.165, 1.54) is 0 Å². The van der Waals surface area contributed by atoms with Crippen molar-refractivity contribution < 1.29 is 4.74 Å². The van der Waals surface area contributed by atoms with Gasteiger partial charge in [0.1, 0.15) is 0 Å². The SMILES string of the molecule is COCC1CCN(c2ncc(CCl)cn2)CC1. The number of piperidine rings is 1. The number of ether oxygens (including phenoxy) is 1. The van der Waals surface area contributed by atoms with Crippen LogP contribution >= 0.6 is 11.6 Å². The van der Waals surface area contributed by atoms with Crippen molar-refractivity contribution in [2.24, 2.45) is 5.92 Å². The Morgan fingerprint density at radius 2 is 2.00 bits per heavy atom. The minimum Gasteiger partial charge on any atom is -0.384 e. The largest absolute Gasteiger partial charge is 0.384 e. The molecular weight excluding hydrogens is 238 g/mol. The van der Waals surface area contributed by atoms with Gasteiger partial charge in [0, 0.05) is 44.8 Å². The summed E-state index contributed by atoms with van der Waals surface area (Å²) in [6.07, 6.45) is 5.90. The zero-order chi connectivity index (χ0) is 12.1. The van der Waals surface area contributed by atoms with E-state index in [1.54, 1.807) is 19.5 Å². The zero-order valence-electron chi connectivity index (χ0n) is 10.1. The Hall–Kier alpha value is -0.870. The molecule has 1 aromatic rings. The first-order valence-electron chi connectivity index (χ1n) is 5.94. The summed E-state index contributed by atoms with van der Waals surface area (Å²) >= 11 is 5.71. The van der Waals surface area contributed by atoms with Crippen LogP contribution in [-0.2, 0) is 10.6 Å². The Bertz CT molecular complexity index is 336. The van der Waals surface area contributed by atoms with E-state index in [2.05, 4.69) is 14.9 Å². The molecule has 0 atom stereocenters. The first kappa shape index (κ1) is 12.6. The third-order valence-corrected chi connectivity index (χ3v) is 3.45. The first-order chi connectivity index (χ1) is 8.33. The number of alkyl halides is 1. The molecule has 1 aromatic heterocycles. The molecule has 1 aliphatic heterocycles. The van der Waals surface area contributed by atoms with Crippen LogP contribution in [0.5, 0.6) is 0 Å². The molecule has 0 unspecified atom stereocenters. The normalized spacial score (nSPS) is 17.4. The van der Waals surface area contributed by atoms with E-state index in [4.69, 9.17) is 16.3 Å². The van der Waals surface area contributed by atoms with Gasteiger partial charge in [0.05, 0.1) is 5.88 Å². The van der Waals surface area contributed by atoms with Crippen LogP contribution in [0, 0.1) is 5.92 Å². The molecule has 4 nitrogen and oxygen atoms in total. The number of methoxy groups -OCH3 is 1. The molecule has 1 aliphatic rings. The van der Waals surface area contributed by atoms with E-state index in [0.717, 1.165) is 44.0 Å². The summed E-state index contributed by atoms with van der Waals surface area (Å²) in [6.45, 7) is 2.88. The second-order valence-corrected chi connectivity index (χ2v) is 4.68. The summed E-state index contributed by atoms with van der Waals surface area (Å²) < 4.78 is 5.19. The number of hydrogen-bond acceptors (Lipinski definition) is 4. The molecule has 2 rings (SSSR count). The lowest BCUT2D eigenvalue weighted by atomic mass is 9.98. The van der Waals surface area contributed by atoms with Crippen LogP contribution in [0.2, 0.25) is 0 Å². The molecule has 0 aliphatic carbocycles. The fourth-order valence-corrected chi connectivity index (χ4v) is 2.25. The second-order valence-electron chi connectivity index (χ2n) is 4.41. The summed E-state index contributed by atoms with van der Waals surface area (Å²) in [5.41, 5.74) is 0.963. The van der Waals surface area contributed by atoms with Gasteiger partial charge in [-0.15, -0.1) is 11.6 Å². The molecule has 0 amide bonds. The fourth-order valence-electron chi connectivity index (χ4n) is 2.12. The molecule has 1 fully saturated rings. The second kappa shape index (κ2) is 6.17. The number of hydrogen-bond donors (Lipinski definition) is 0. The highest BCUT2D eigenvalue weighted by atomic mass is 35.5. The lowest BCUT2D eigenvalue weighted by Gasteiger charge is -2.31. The van der Waals surface area contributed by atoms with Gasteiger partial charge in [-0.1, -0.05) is 0 Å². The lowest BCUT2D eigenvalue weighted by Crippen LogP contribution is -2.36. The molecule has 0 spiro atoms. The van der Waals surface area contributed by atoms with Gasteiger partial charge in [-0.3, -0.25) is 0 Å². The molecule has 0 bridgehead atoms. The van der Waals surface area contributed by atoms with Crippen molar-refractivity contribution in [3.05, 3.63) is 18.0 Å². The van der Waals surface area contributed by atoms with Crippen LogP contribution in [-0.4, -0.2) is 36.8 Å². The van der Waals surface area contributed by atoms with E-state index in [-0.39, 0.29) is 0 Å². The molecular formula is C12H18ClN3O. The maximum atomic E-state index is 5.71. The van der Waals surface area contributed by atoms with Crippen molar-refractivity contribution >= 4 is 17.5 Å². The Morgan fingerprint density at radius 1 is 1.35 bits per heavy atom. The molecule has 17 heavy (non-hydrogen) atoms. The van der Waals surface area contributed by atoms with Gasteiger partial charge in [-0.25, -0.2) is 9.97 Å². The van der Waals surface area contributed by atoms with Gasteiger partial charge >= 0.3 is 0 Å². The van der Waals surface area contributed by atoms with Gasteiger partial charge in [-0.2, -0.15) is 0 Å². The number of aromatic nitrogens is 2. The average molecular weight is 256 g/mol. The van der Waals surface area contributed by atoms with Crippen molar-refractivity contribution in [3.63, 3.8) is 0 Å². The summed E-state index contributed by atoms with van der Waals surface area (Å²) in [5, 5.41) is 0. The van der Waals surface area contributed by atoms with E-state index in [9.17, 15) is 0 Å². The van der Waals surface area contributed by atoms with Crippen LogP contribution in [0.3, 0.4) is 0 Å². The van der Waals surface area contributed by atoms with Crippen molar-refractivity contribution in [3.8, 4) is 0 Å². The molecule has 0 aromatic carbocycles. The van der Waals surface area contributed by atoms with Gasteiger partial charge in [-0.05, 0) is 18.8 Å². The predicted molar refractivity (Wildman–Crippen MR) is 68.4 cm³/mol. The minimum atomic E-state index is 0.468. The number of anilines is 1. The van der Waals surface area contributed by atoms with Gasteiger partial charge < -0.3 is 9.64 Å². The minimum absolute atomic E-state index is 0.468. The van der Waals surface area contributed by atoms with Crippen LogP contribution in [0.1, 0.15) is 18.4 Å². The Morgan fingerprint density at radius 3 is 2.53 bits per heavy atom. The standard InChI is InChI=1S/C12H18ClN3O/c1-17-9-10-2-4-16(5-3-10)12-14-7-11(6-13)8-15-12/h7-8,10H,2-6,9H2,1H3. The van der Waals surface area contributed by atoms with E-state index in [1.807, 2.05) is 0 Å². The van der Waals surface area contributed by atoms with E-state index in [0.29, 0.717) is 11.8 Å². The smallest absolute Gasteiger partial charge is 0.225 e. The Kier molecular flexibility index (Phi) is 4.57. The first-order valence-corrected chi connectivity index (χ1v) is 6.47. The quantitative estimate of drug-likeness (QED) is 0.772. The van der Waals surface area contributed by atoms with Crippen molar-refractivity contribution in [1.29, 1.82) is 0 Å². The highest BCUT2D eigenvalue weighted by Gasteiger charge is 2.20. The third-order valence-electron chi connectivity index (χ3n) is 3.15. The van der Waals surface area contributed by atoms with Gasteiger partial charge in [0.15, 0.2) is 0 Å². The molecule has 5 heteroatoms. The summed E-state index contributed by atoms with van der Waals surface area (Å²) in [5.74, 6) is 1.96. The summed E-state index contributed by atoms with van der Waals surface area (Å²) in [7, 11) is 1.76. The summed E-state index contributed by atoms with van der Waals surface area (Å²) in [6, 6.07) is 0. The van der Waals surface area contributed by atoms with Crippen LogP contribution < -0.4 is 4.90 Å². The maximum absolute atomic E-state index is 5.71. The van der Waals surface area contributed by atoms with E-state index >= 15 is 0 Å². The lowest BCUT2D eigenvalue weighted by molar-refractivity contribution is 0.139. The molecule has 0 radical (unpaired) electrons. The van der Waals surface area contributed by atoms with Crippen LogP contribution in [0.25, 0.3) is 0 Å². The highest BCUT2D eigenvalue weighted by Crippen LogP contribution is 2.20. The molecule has 0 saturated carbocycles. The topological polar surface area (TPSA) is 38.2 Å². The average Bonchev–Trinajstić information content (AvgIpc) is 2.40. The summed E-state index contributed by atoms with van der Waals surface area (Å²) in [4.78, 5) is 10.9. The predicted octanol–water partition coefficient (Wildman–Crippen LogP) is 2.08. The highest BCUT2D eigenvalue weighted by molar-refractivity contribution is 6.17. The van der Waals surface area contributed by atoms with E-state index < -0.39 is 0 Å². The van der Waals surface area contributed by atoms with Crippen LogP contribution in [0.4, 0.5) is 5.95 Å². The maximum Gasteiger partial charge on any atom is 0.225 e. The number of halogens is 1. The van der Waals surface area contributed by atoms with Crippen molar-refractivity contribution in [2.75, 3.05) is 31.7 Å². The molecule has 2 heterocycles. The Labute approximate surface area is 107 Å². The molecule has 0 N–H and O–H groups in total.